The van der Waals surface area contributed by atoms with Crippen LogP contribution in [-0.4, -0.2) is 49.8 Å². The third-order valence-electron chi connectivity index (χ3n) is 6.89. The fraction of sp³-hybridized carbons (Fsp3) is 0. The van der Waals surface area contributed by atoms with E-state index in [9.17, 15) is 0 Å². The largest absolute Gasteiger partial charge is 2.00 e. The van der Waals surface area contributed by atoms with Gasteiger partial charge in [0.25, 0.3) is 0 Å². The third-order valence-corrected chi connectivity index (χ3v) is 6.89. The second kappa shape index (κ2) is 8.78. The number of rotatable bonds is 0. The Kier molecular flexibility index (Phi) is 5.02. The van der Waals surface area contributed by atoms with Gasteiger partial charge in [0.1, 0.15) is 17.2 Å². The topological polar surface area (TPSA) is 143 Å². The Hall–Kier alpha value is -5.45. The van der Waals surface area contributed by atoms with Crippen LogP contribution in [0.3, 0.4) is 0 Å². The number of nitrogens with zero attached hydrogens (tertiary/aromatic N) is 11. The molecule has 1 radical (unpaired) electrons. The Morgan fingerprint density at radius 3 is 1.80 bits per heavy atom. The molecule has 0 spiro atoms. The maximum Gasteiger partial charge on any atom is 2.00 e. The molecule has 0 unspecified atom stereocenters. The minimum absolute atomic E-state index is 0. The van der Waals surface area contributed by atoms with Crippen LogP contribution in [0.5, 0.6) is 0 Å². The molecule has 0 aliphatic carbocycles. The fourth-order valence-electron chi connectivity index (χ4n) is 5.12. The first kappa shape index (κ1) is 23.4. The van der Waals surface area contributed by atoms with E-state index in [2.05, 4.69) is 19.9 Å². The first-order valence-corrected chi connectivity index (χ1v) is 12.5. The molecule has 0 saturated heterocycles. The molecule has 7 aromatic rings. The zero-order valence-corrected chi connectivity index (χ0v) is 21.7. The molecule has 6 aromatic heterocycles. The predicted octanol–water partition coefficient (Wildman–Crippen LogP) is 4.47. The molecular weight excluding hydrogens is 566 g/mol. The molecular formula is C29H13CuN11. The van der Waals surface area contributed by atoms with Crippen molar-refractivity contribution in [3.8, 4) is 45.8 Å². The SMILES string of the molecule is [Cu+2].c1cnc2c(c1)-c1nc-2nc2[cH-]c(nc3nc(nc4[n-]c(n1)c1ncccc41)-c1ncccc1-3)c1ncccc21. The second-order valence-corrected chi connectivity index (χ2v) is 9.24. The summed E-state index contributed by atoms with van der Waals surface area (Å²) >= 11 is 0. The van der Waals surface area contributed by atoms with Gasteiger partial charge in [-0.25, -0.2) is 9.97 Å². The van der Waals surface area contributed by atoms with Gasteiger partial charge in [0.2, 0.25) is 0 Å². The van der Waals surface area contributed by atoms with Gasteiger partial charge in [-0.1, -0.05) is 17.6 Å². The van der Waals surface area contributed by atoms with Crippen LogP contribution in [0, 0.1) is 0 Å². The van der Waals surface area contributed by atoms with E-state index in [0.29, 0.717) is 68.0 Å². The van der Waals surface area contributed by atoms with Crippen molar-refractivity contribution in [2.24, 2.45) is 0 Å². The summed E-state index contributed by atoms with van der Waals surface area (Å²) in [5.74, 6) is 1.79. The molecule has 9 rings (SSSR count). The van der Waals surface area contributed by atoms with E-state index in [1.807, 2.05) is 54.6 Å². The Bertz CT molecular complexity index is 2040. The first-order chi connectivity index (χ1) is 19.8. The Morgan fingerprint density at radius 2 is 1.05 bits per heavy atom. The summed E-state index contributed by atoms with van der Waals surface area (Å²) in [6.07, 6.45) is 6.86. The van der Waals surface area contributed by atoms with Crippen LogP contribution in [0.15, 0.2) is 79.4 Å². The van der Waals surface area contributed by atoms with Gasteiger partial charge in [-0.3, -0.25) is 24.9 Å². The molecule has 0 amide bonds. The van der Waals surface area contributed by atoms with Gasteiger partial charge >= 0.3 is 17.1 Å². The van der Waals surface area contributed by atoms with Crippen LogP contribution in [-0.2, 0) is 17.1 Å². The molecule has 195 valence electrons. The molecule has 12 heteroatoms. The van der Waals surface area contributed by atoms with Crippen LogP contribution in [0.2, 0.25) is 0 Å². The van der Waals surface area contributed by atoms with Crippen LogP contribution in [0.25, 0.3) is 89.9 Å². The molecule has 2 aliphatic rings. The molecule has 11 nitrogen and oxygen atoms in total. The third kappa shape index (κ3) is 3.48. The molecule has 0 saturated carbocycles. The number of aromatic nitrogens is 11. The van der Waals surface area contributed by atoms with E-state index in [1.54, 1.807) is 24.8 Å². The molecule has 41 heavy (non-hydrogen) atoms. The standard InChI is InChI=1S/C29H13N11.Cu/c1-5-14-18-13-19(20(14)30-9-1)35-24-15-6-2-11-32-22(15)28(36-24)39-26-17-8-4-12-33-23(17)29(40-26)38-25-16-7-3-10-31-21(16)27(34-18)37-25;/h1-13H;/q-2;+2. The summed E-state index contributed by atoms with van der Waals surface area (Å²) in [5, 5.41) is 1.58. The van der Waals surface area contributed by atoms with Crippen LogP contribution < -0.4 is 4.98 Å². The van der Waals surface area contributed by atoms with Crippen LogP contribution in [0.4, 0.5) is 0 Å². The average Bonchev–Trinajstić information content (AvgIpc) is 3.73. The zero-order chi connectivity index (χ0) is 26.2. The minimum Gasteiger partial charge on any atom is -0.356 e. The van der Waals surface area contributed by atoms with Gasteiger partial charge in [0, 0.05) is 52.6 Å². The normalized spacial score (nSPS) is 11.7. The summed E-state index contributed by atoms with van der Waals surface area (Å²) in [6, 6.07) is 17.0. The van der Waals surface area contributed by atoms with Crippen molar-refractivity contribution in [1.29, 1.82) is 0 Å². The second-order valence-electron chi connectivity index (χ2n) is 9.24. The summed E-state index contributed by atoms with van der Waals surface area (Å²) in [7, 11) is 0. The van der Waals surface area contributed by atoms with Crippen molar-refractivity contribution >= 4 is 44.1 Å². The van der Waals surface area contributed by atoms with Gasteiger partial charge in [0.05, 0.1) is 11.3 Å². The van der Waals surface area contributed by atoms with Gasteiger partial charge < -0.3 is 19.9 Å². The van der Waals surface area contributed by atoms with Crippen molar-refractivity contribution in [3.63, 3.8) is 0 Å². The van der Waals surface area contributed by atoms with Gasteiger partial charge in [-0.05, 0) is 41.4 Å². The predicted molar refractivity (Wildman–Crippen MR) is 147 cm³/mol. The Labute approximate surface area is 240 Å². The monoisotopic (exact) mass is 578 g/mol. The number of pyridine rings is 4. The van der Waals surface area contributed by atoms with E-state index in [-0.39, 0.29) is 17.1 Å². The maximum atomic E-state index is 4.93. The van der Waals surface area contributed by atoms with Crippen molar-refractivity contribution in [2.75, 3.05) is 0 Å². The summed E-state index contributed by atoms with van der Waals surface area (Å²) < 4.78 is 0. The van der Waals surface area contributed by atoms with Gasteiger partial charge in [0.15, 0.2) is 11.6 Å². The maximum absolute atomic E-state index is 4.93. The smallest absolute Gasteiger partial charge is 0.356 e. The minimum atomic E-state index is 0. The molecule has 8 heterocycles. The summed E-state index contributed by atoms with van der Waals surface area (Å²) in [6.45, 7) is 0. The first-order valence-electron chi connectivity index (χ1n) is 12.5. The Balaban J connectivity index is 0.00000256. The molecule has 8 bridgehead atoms. The van der Waals surface area contributed by atoms with Crippen molar-refractivity contribution < 1.29 is 17.1 Å². The number of hydrogen-bond donors (Lipinski definition) is 0. The molecule has 2 aliphatic heterocycles. The van der Waals surface area contributed by atoms with E-state index < -0.39 is 0 Å². The van der Waals surface area contributed by atoms with Crippen molar-refractivity contribution in [2.45, 2.75) is 0 Å². The quantitative estimate of drug-likeness (QED) is 0.186. The molecule has 1 aromatic carbocycles. The molecule has 0 fully saturated rings. The van der Waals surface area contributed by atoms with Crippen molar-refractivity contribution in [1.82, 2.24) is 54.8 Å². The number of hydrogen-bond acceptors (Lipinski definition) is 10. The van der Waals surface area contributed by atoms with E-state index >= 15 is 0 Å². The fourth-order valence-corrected chi connectivity index (χ4v) is 5.12. The average molecular weight is 579 g/mol. The van der Waals surface area contributed by atoms with Gasteiger partial charge in [-0.2, -0.15) is 0 Å². The Morgan fingerprint density at radius 1 is 0.488 bits per heavy atom. The summed E-state index contributed by atoms with van der Waals surface area (Å²) in [4.78, 5) is 52.2. The molecule has 0 atom stereocenters. The van der Waals surface area contributed by atoms with E-state index in [1.165, 1.54) is 0 Å². The van der Waals surface area contributed by atoms with Crippen LogP contribution >= 0.6 is 0 Å². The van der Waals surface area contributed by atoms with Gasteiger partial charge in [-0.15, -0.1) is 17.5 Å². The van der Waals surface area contributed by atoms with E-state index in [0.717, 1.165) is 21.9 Å². The van der Waals surface area contributed by atoms with Crippen LogP contribution in [0.1, 0.15) is 0 Å². The zero-order valence-electron chi connectivity index (χ0n) is 20.7. The number of fused-ring (bicyclic) bond motifs is 20. The van der Waals surface area contributed by atoms with Crippen molar-refractivity contribution in [3.05, 3.63) is 79.4 Å². The molecule has 0 N–H and O–H groups in total. The van der Waals surface area contributed by atoms with E-state index in [4.69, 9.17) is 34.9 Å². The summed E-state index contributed by atoms with van der Waals surface area (Å²) in [5.41, 5.74) is 6.23.